The number of amides is 1. The molecule has 3 nitrogen and oxygen atoms in total. The molecule has 2 unspecified atom stereocenters. The van der Waals surface area contributed by atoms with Gasteiger partial charge >= 0.3 is 0 Å². The largest absolute Gasteiger partial charge is 0.326 e. The zero-order valence-corrected chi connectivity index (χ0v) is 13.5. The molecule has 6 heteroatoms. The molecule has 2 atom stereocenters. The van der Waals surface area contributed by atoms with E-state index in [1.54, 1.807) is 24.3 Å². The summed E-state index contributed by atoms with van der Waals surface area (Å²) in [7, 11) is 0. The number of carbonyl (C=O) groups excluding carboxylic acids is 2. The van der Waals surface area contributed by atoms with Gasteiger partial charge in [-0.15, -0.1) is 0 Å². The Bertz CT molecular complexity index is 575. The Labute approximate surface area is 138 Å². The van der Waals surface area contributed by atoms with Crippen molar-refractivity contribution in [1.82, 2.24) is 0 Å². The van der Waals surface area contributed by atoms with Crippen LogP contribution in [0.1, 0.15) is 32.1 Å². The van der Waals surface area contributed by atoms with Crippen molar-refractivity contribution in [2.24, 2.45) is 17.8 Å². The molecule has 2 bridgehead atoms. The summed E-state index contributed by atoms with van der Waals surface area (Å²) in [6.45, 7) is 0. The van der Waals surface area contributed by atoms with Crippen LogP contribution in [0.15, 0.2) is 29.2 Å². The van der Waals surface area contributed by atoms with Crippen LogP contribution in [0.2, 0.25) is 0 Å². The van der Waals surface area contributed by atoms with Gasteiger partial charge in [0.1, 0.15) is 5.78 Å². The molecule has 2 saturated carbocycles. The smallest absolute Gasteiger partial charge is 0.288 e. The SMILES string of the molecule is O=C(Nc1ccc(SC(F)F)cc1)C1CC2CCCC(C1)C2=O. The third-order valence-electron chi connectivity index (χ3n) is 4.77. The van der Waals surface area contributed by atoms with Crippen LogP contribution in [0.5, 0.6) is 0 Å². The van der Waals surface area contributed by atoms with Gasteiger partial charge in [-0.3, -0.25) is 9.59 Å². The number of benzene rings is 1. The molecule has 2 aliphatic carbocycles. The van der Waals surface area contributed by atoms with Gasteiger partial charge in [0, 0.05) is 28.3 Å². The number of rotatable bonds is 4. The Hall–Kier alpha value is -1.43. The standard InChI is InChI=1S/C17H19F2NO2S/c18-17(19)23-14-6-4-13(5-7-14)20-16(22)12-8-10-2-1-3-11(9-12)15(10)21/h4-7,10-12,17H,1-3,8-9H2,(H,20,22). The topological polar surface area (TPSA) is 46.2 Å². The summed E-state index contributed by atoms with van der Waals surface area (Å²) in [5.74, 6) is -2.21. The highest BCUT2D eigenvalue weighted by molar-refractivity contribution is 7.99. The van der Waals surface area contributed by atoms with E-state index in [-0.39, 0.29) is 23.7 Å². The summed E-state index contributed by atoms with van der Waals surface area (Å²) >= 11 is 0.482. The van der Waals surface area contributed by atoms with Gasteiger partial charge < -0.3 is 5.32 Å². The van der Waals surface area contributed by atoms with Gasteiger partial charge in [-0.2, -0.15) is 8.78 Å². The molecule has 0 saturated heterocycles. The molecular weight excluding hydrogens is 320 g/mol. The highest BCUT2D eigenvalue weighted by Gasteiger charge is 2.41. The highest BCUT2D eigenvalue weighted by Crippen LogP contribution is 2.40. The maximum Gasteiger partial charge on any atom is 0.288 e. The van der Waals surface area contributed by atoms with Gasteiger partial charge in [0.05, 0.1) is 0 Å². The third kappa shape index (κ3) is 3.91. The molecule has 1 amide bonds. The lowest BCUT2D eigenvalue weighted by molar-refractivity contribution is -0.136. The van der Waals surface area contributed by atoms with Crippen molar-refractivity contribution in [2.45, 2.75) is 42.8 Å². The number of anilines is 1. The van der Waals surface area contributed by atoms with Crippen molar-refractivity contribution in [3.05, 3.63) is 24.3 Å². The van der Waals surface area contributed by atoms with Gasteiger partial charge in [0.2, 0.25) is 5.91 Å². The van der Waals surface area contributed by atoms with Crippen molar-refractivity contribution in [1.29, 1.82) is 0 Å². The van der Waals surface area contributed by atoms with Crippen LogP contribution in [-0.4, -0.2) is 17.4 Å². The summed E-state index contributed by atoms with van der Waals surface area (Å²) in [5, 5.41) is 2.85. The zero-order valence-electron chi connectivity index (χ0n) is 12.6. The lowest BCUT2D eigenvalue weighted by Crippen LogP contribution is -2.40. The van der Waals surface area contributed by atoms with E-state index in [4.69, 9.17) is 0 Å². The Balaban J connectivity index is 1.60. The fourth-order valence-electron chi connectivity index (χ4n) is 3.66. The second kappa shape index (κ2) is 6.99. The lowest BCUT2D eigenvalue weighted by Gasteiger charge is -2.36. The average Bonchev–Trinajstić information content (AvgIpc) is 2.48. The Kier molecular flexibility index (Phi) is 4.99. The lowest BCUT2D eigenvalue weighted by atomic mass is 9.67. The number of thioether (sulfide) groups is 1. The summed E-state index contributed by atoms with van der Waals surface area (Å²) in [6.07, 6.45) is 4.16. The first-order valence-electron chi connectivity index (χ1n) is 7.92. The van der Waals surface area contributed by atoms with Crippen LogP contribution in [0.25, 0.3) is 0 Å². The summed E-state index contributed by atoms with van der Waals surface area (Å²) in [5.41, 5.74) is 0.607. The average molecular weight is 339 g/mol. The number of hydrogen-bond donors (Lipinski definition) is 1. The predicted molar refractivity (Wildman–Crippen MR) is 85.5 cm³/mol. The second-order valence-corrected chi connectivity index (χ2v) is 7.35. The van der Waals surface area contributed by atoms with E-state index in [1.807, 2.05) is 0 Å². The number of alkyl halides is 2. The van der Waals surface area contributed by atoms with Crippen molar-refractivity contribution in [3.8, 4) is 0 Å². The predicted octanol–water partition coefficient (Wildman–Crippen LogP) is 4.34. The molecule has 124 valence electrons. The van der Waals surface area contributed by atoms with Gasteiger partial charge in [0.25, 0.3) is 5.76 Å². The van der Waals surface area contributed by atoms with Crippen molar-refractivity contribution in [3.63, 3.8) is 0 Å². The number of Topliss-reactive ketones (excluding diaryl/α,β-unsaturated/α-hetero) is 1. The van der Waals surface area contributed by atoms with Crippen LogP contribution in [0.4, 0.5) is 14.5 Å². The van der Waals surface area contributed by atoms with E-state index < -0.39 is 5.76 Å². The highest BCUT2D eigenvalue weighted by atomic mass is 32.2. The molecule has 1 N–H and O–H groups in total. The Morgan fingerprint density at radius 3 is 2.30 bits per heavy atom. The molecule has 0 aliphatic heterocycles. The van der Waals surface area contributed by atoms with E-state index >= 15 is 0 Å². The molecule has 0 heterocycles. The minimum absolute atomic E-state index is 0.0445. The molecule has 1 aromatic rings. The van der Waals surface area contributed by atoms with Crippen LogP contribution in [0, 0.1) is 17.8 Å². The first-order valence-corrected chi connectivity index (χ1v) is 8.80. The molecule has 2 aliphatic rings. The Morgan fingerprint density at radius 1 is 1.13 bits per heavy atom. The van der Waals surface area contributed by atoms with Crippen molar-refractivity contribution >= 4 is 29.1 Å². The molecule has 0 aromatic heterocycles. The van der Waals surface area contributed by atoms with E-state index in [2.05, 4.69) is 5.32 Å². The zero-order chi connectivity index (χ0) is 16.4. The molecule has 0 radical (unpaired) electrons. The number of carbonyl (C=O) groups is 2. The van der Waals surface area contributed by atoms with E-state index in [0.29, 0.717) is 41.0 Å². The van der Waals surface area contributed by atoms with Gasteiger partial charge in [-0.05, 0) is 49.9 Å². The minimum atomic E-state index is -2.45. The molecule has 0 spiro atoms. The van der Waals surface area contributed by atoms with Crippen LogP contribution in [0.3, 0.4) is 0 Å². The fourth-order valence-corrected chi connectivity index (χ4v) is 4.16. The maximum absolute atomic E-state index is 12.4. The molecule has 3 rings (SSSR count). The summed E-state index contributed by atoms with van der Waals surface area (Å²) in [6, 6.07) is 6.42. The number of nitrogens with one attached hydrogen (secondary N) is 1. The van der Waals surface area contributed by atoms with Gasteiger partial charge in [-0.25, -0.2) is 0 Å². The minimum Gasteiger partial charge on any atom is -0.326 e. The van der Waals surface area contributed by atoms with Crippen LogP contribution < -0.4 is 5.32 Å². The van der Waals surface area contributed by atoms with E-state index in [1.165, 1.54) is 0 Å². The molecule has 2 fully saturated rings. The van der Waals surface area contributed by atoms with E-state index in [0.717, 1.165) is 19.3 Å². The van der Waals surface area contributed by atoms with Crippen LogP contribution >= 0.6 is 11.8 Å². The second-order valence-electron chi connectivity index (χ2n) is 6.29. The maximum atomic E-state index is 12.4. The number of fused-ring (bicyclic) bond motifs is 2. The number of halogens is 2. The number of hydrogen-bond acceptors (Lipinski definition) is 3. The summed E-state index contributed by atoms with van der Waals surface area (Å²) in [4.78, 5) is 25.0. The fraction of sp³-hybridized carbons (Fsp3) is 0.529. The first kappa shape index (κ1) is 16.4. The Morgan fingerprint density at radius 2 is 1.74 bits per heavy atom. The van der Waals surface area contributed by atoms with Crippen LogP contribution in [-0.2, 0) is 9.59 Å². The van der Waals surface area contributed by atoms with Crippen molar-refractivity contribution < 1.29 is 18.4 Å². The third-order valence-corrected chi connectivity index (χ3v) is 5.49. The van der Waals surface area contributed by atoms with Gasteiger partial charge in [-0.1, -0.05) is 18.2 Å². The normalized spacial score (nSPS) is 27.1. The van der Waals surface area contributed by atoms with E-state index in [9.17, 15) is 18.4 Å². The van der Waals surface area contributed by atoms with Gasteiger partial charge in [0.15, 0.2) is 0 Å². The summed E-state index contributed by atoms with van der Waals surface area (Å²) < 4.78 is 24.6. The molecule has 23 heavy (non-hydrogen) atoms. The monoisotopic (exact) mass is 339 g/mol. The molecular formula is C17H19F2NO2S. The molecule has 1 aromatic carbocycles. The van der Waals surface area contributed by atoms with Crippen molar-refractivity contribution in [2.75, 3.05) is 5.32 Å². The quantitative estimate of drug-likeness (QED) is 0.830. The number of ketones is 1. The first-order chi connectivity index (χ1) is 11.0.